The number of halogens is 4. The number of fused-ring (bicyclic) bond motifs is 3. The Morgan fingerprint density at radius 1 is 0.500 bits per heavy atom. The molecule has 36 heavy (non-hydrogen) atoms. The van der Waals surface area contributed by atoms with E-state index in [0.29, 0.717) is 0 Å². The molecule has 2 aromatic carbocycles. The molecule has 0 amide bonds. The maximum Gasteiger partial charge on any atom is 0.494 e. The van der Waals surface area contributed by atoms with Gasteiger partial charge in [-0.15, -0.1) is 0 Å². The topological polar surface area (TPSA) is 36.9 Å². The van der Waals surface area contributed by atoms with Gasteiger partial charge in [0.15, 0.2) is 0 Å². The van der Waals surface area contributed by atoms with Gasteiger partial charge in [-0.25, -0.2) is 0 Å². The Bertz CT molecular complexity index is 1110. The summed E-state index contributed by atoms with van der Waals surface area (Å²) in [6.07, 6.45) is 0. The van der Waals surface area contributed by atoms with Crippen LogP contribution in [0.3, 0.4) is 0 Å². The number of alkyl halides is 4. The minimum Gasteiger partial charge on any atom is -0.399 e. The van der Waals surface area contributed by atoms with E-state index in [4.69, 9.17) is 18.6 Å². The smallest absolute Gasteiger partial charge is 0.399 e. The molecule has 0 bridgehead atoms. The fourth-order valence-electron chi connectivity index (χ4n) is 4.70. The summed E-state index contributed by atoms with van der Waals surface area (Å²) in [6.45, 7) is 14.7. The van der Waals surface area contributed by atoms with Gasteiger partial charge in [-0.3, -0.25) is 0 Å². The molecule has 2 heterocycles. The molecular weight excluding hydrogens is 474 g/mol. The van der Waals surface area contributed by atoms with Crippen LogP contribution in [0.5, 0.6) is 0 Å². The molecule has 1 aliphatic carbocycles. The van der Waals surface area contributed by atoms with E-state index in [-0.39, 0.29) is 22.1 Å². The molecule has 2 fully saturated rings. The van der Waals surface area contributed by atoms with Crippen molar-refractivity contribution in [2.75, 3.05) is 0 Å². The van der Waals surface area contributed by atoms with Gasteiger partial charge < -0.3 is 18.6 Å². The Hall–Kier alpha value is -1.87. The third-order valence-electron chi connectivity index (χ3n) is 8.50. The summed E-state index contributed by atoms with van der Waals surface area (Å²) in [4.78, 5) is 0. The van der Waals surface area contributed by atoms with Crippen LogP contribution in [-0.4, -0.2) is 36.6 Å². The highest BCUT2D eigenvalue weighted by molar-refractivity contribution is 6.62. The first-order valence-corrected chi connectivity index (χ1v) is 12.1. The molecule has 4 nitrogen and oxygen atoms in total. The van der Waals surface area contributed by atoms with E-state index in [1.54, 1.807) is 12.1 Å². The average molecular weight is 504 g/mol. The van der Waals surface area contributed by atoms with E-state index in [1.165, 1.54) is 12.1 Å². The molecule has 2 aromatic rings. The summed E-state index contributed by atoms with van der Waals surface area (Å²) in [7, 11) is -1.89. The lowest BCUT2D eigenvalue weighted by atomic mass is 9.71. The first-order valence-electron chi connectivity index (χ1n) is 12.1. The molecule has 192 valence electrons. The van der Waals surface area contributed by atoms with Crippen LogP contribution < -0.4 is 10.9 Å². The Morgan fingerprint density at radius 3 is 1.06 bits per heavy atom. The molecule has 5 rings (SSSR count). The van der Waals surface area contributed by atoms with Gasteiger partial charge in [-0.05, 0) is 77.4 Å². The quantitative estimate of drug-likeness (QED) is 0.419. The van der Waals surface area contributed by atoms with Crippen molar-refractivity contribution in [1.82, 2.24) is 0 Å². The second kappa shape index (κ2) is 7.37. The molecule has 0 atom stereocenters. The minimum atomic E-state index is -4.45. The van der Waals surface area contributed by atoms with Crippen molar-refractivity contribution in [3.63, 3.8) is 0 Å². The van der Waals surface area contributed by atoms with E-state index in [0.717, 1.165) is 12.1 Å². The van der Waals surface area contributed by atoms with E-state index in [2.05, 4.69) is 0 Å². The minimum absolute atomic E-state index is 0.0432. The van der Waals surface area contributed by atoms with Gasteiger partial charge in [0.05, 0.1) is 22.4 Å². The summed E-state index contributed by atoms with van der Waals surface area (Å²) in [5.74, 6) is -8.91. The summed E-state index contributed by atoms with van der Waals surface area (Å²) in [5, 5.41) is 0. The summed E-state index contributed by atoms with van der Waals surface area (Å²) in [5.41, 5.74) is -3.69. The molecule has 2 aliphatic heterocycles. The predicted molar refractivity (Wildman–Crippen MR) is 131 cm³/mol. The first kappa shape index (κ1) is 25.8. The van der Waals surface area contributed by atoms with Gasteiger partial charge in [0.25, 0.3) is 0 Å². The molecule has 0 aromatic heterocycles. The van der Waals surface area contributed by atoms with E-state index >= 15 is 17.6 Å². The number of hydrogen-bond donors (Lipinski definition) is 0. The lowest BCUT2D eigenvalue weighted by molar-refractivity contribution is -0.225. The lowest BCUT2D eigenvalue weighted by Gasteiger charge is -2.35. The molecule has 0 spiro atoms. The number of hydrogen-bond acceptors (Lipinski definition) is 4. The average Bonchev–Trinajstić information content (AvgIpc) is 3.11. The van der Waals surface area contributed by atoms with Crippen LogP contribution in [0.25, 0.3) is 11.1 Å². The van der Waals surface area contributed by atoms with Gasteiger partial charge in [0, 0.05) is 11.1 Å². The third-order valence-corrected chi connectivity index (χ3v) is 8.50. The molecular formula is C26H30B2F4O4. The molecule has 2 saturated heterocycles. The van der Waals surface area contributed by atoms with E-state index in [9.17, 15) is 0 Å². The van der Waals surface area contributed by atoms with Crippen molar-refractivity contribution in [2.45, 2.75) is 89.6 Å². The molecule has 3 aliphatic rings. The molecule has 0 radical (unpaired) electrons. The van der Waals surface area contributed by atoms with Crippen molar-refractivity contribution < 1.29 is 36.2 Å². The zero-order valence-corrected chi connectivity index (χ0v) is 21.8. The number of rotatable bonds is 2. The predicted octanol–water partition coefficient (Wildman–Crippen LogP) is 5.15. The van der Waals surface area contributed by atoms with Crippen LogP contribution in [-0.2, 0) is 30.5 Å². The van der Waals surface area contributed by atoms with Crippen molar-refractivity contribution in [3.05, 3.63) is 47.5 Å². The zero-order valence-electron chi connectivity index (χ0n) is 21.8. The largest absolute Gasteiger partial charge is 0.494 e. The monoisotopic (exact) mass is 504 g/mol. The third kappa shape index (κ3) is 3.44. The highest BCUT2D eigenvalue weighted by Gasteiger charge is 2.63. The summed E-state index contributed by atoms with van der Waals surface area (Å²) in [6, 6.07) is 8.21. The molecule has 0 saturated carbocycles. The van der Waals surface area contributed by atoms with Crippen molar-refractivity contribution in [3.8, 4) is 11.1 Å². The lowest BCUT2D eigenvalue weighted by Crippen LogP contribution is -2.43. The molecule has 0 unspecified atom stereocenters. The Balaban J connectivity index is 1.58. The summed E-state index contributed by atoms with van der Waals surface area (Å²) < 4.78 is 85.8. The fourth-order valence-corrected chi connectivity index (χ4v) is 4.70. The maximum absolute atomic E-state index is 15.5. The van der Waals surface area contributed by atoms with Gasteiger partial charge in [-0.2, -0.15) is 17.6 Å². The highest BCUT2D eigenvalue weighted by Crippen LogP contribution is 2.57. The van der Waals surface area contributed by atoms with Gasteiger partial charge in [-0.1, -0.05) is 36.4 Å². The maximum atomic E-state index is 15.5. The normalized spacial score (nSPS) is 26.0. The number of benzene rings is 2. The second-order valence-corrected chi connectivity index (χ2v) is 11.9. The first-order chi connectivity index (χ1) is 16.3. The Labute approximate surface area is 209 Å². The van der Waals surface area contributed by atoms with Gasteiger partial charge >= 0.3 is 26.1 Å². The summed E-state index contributed by atoms with van der Waals surface area (Å²) >= 11 is 0. The standard InChI is InChI=1S/C26H30B2F4O4/c1-21(2)22(3,4)34-27(33-21)15-9-11-17-18-12-10-16(28-35-23(5,6)24(7,8)36-28)14-20(18)26(31,32)25(29,30)19(17)13-15/h9-14H,1-8H3. The SMILES string of the molecule is CC1(C)OB(c2ccc3c(c2)C(F)(F)C(F)(F)c2cc(B4OC(C)(C)C(C)(C)O4)ccc2-3)OC1(C)C. The van der Waals surface area contributed by atoms with Crippen molar-refractivity contribution in [2.24, 2.45) is 0 Å². The molecule has 10 heteroatoms. The second-order valence-electron chi connectivity index (χ2n) is 11.9. The van der Waals surface area contributed by atoms with Crippen LogP contribution >= 0.6 is 0 Å². The van der Waals surface area contributed by atoms with Gasteiger partial charge in [0.1, 0.15) is 0 Å². The zero-order chi connectivity index (χ0) is 26.7. The fraction of sp³-hybridized carbons (Fsp3) is 0.538. The van der Waals surface area contributed by atoms with Crippen LogP contribution in [0.2, 0.25) is 0 Å². The Morgan fingerprint density at radius 2 is 0.778 bits per heavy atom. The van der Waals surface area contributed by atoms with Crippen molar-refractivity contribution in [1.29, 1.82) is 0 Å². The van der Waals surface area contributed by atoms with Crippen LogP contribution in [0.15, 0.2) is 36.4 Å². The van der Waals surface area contributed by atoms with E-state index in [1.807, 2.05) is 55.4 Å². The van der Waals surface area contributed by atoms with Gasteiger partial charge in [0.2, 0.25) is 0 Å². The van der Waals surface area contributed by atoms with Crippen LogP contribution in [0, 0.1) is 0 Å². The molecule has 0 N–H and O–H groups in total. The van der Waals surface area contributed by atoms with E-state index < -0.39 is 59.6 Å². The Kier molecular flexibility index (Phi) is 5.27. The van der Waals surface area contributed by atoms with Crippen LogP contribution in [0.1, 0.15) is 66.5 Å². The highest BCUT2D eigenvalue weighted by atomic mass is 19.3. The van der Waals surface area contributed by atoms with Crippen LogP contribution in [0.4, 0.5) is 17.6 Å². The van der Waals surface area contributed by atoms with Crippen molar-refractivity contribution >= 4 is 25.2 Å².